The van der Waals surface area contributed by atoms with Gasteiger partial charge in [0.15, 0.2) is 0 Å². The van der Waals surface area contributed by atoms with Crippen molar-refractivity contribution in [1.82, 2.24) is 0 Å². The smallest absolute Gasteiger partial charge is 1.00 e. The van der Waals surface area contributed by atoms with E-state index in [0.29, 0.717) is 2.79 Å². The van der Waals surface area contributed by atoms with Gasteiger partial charge in [-0.1, -0.05) is 0 Å². The first kappa shape index (κ1) is 19.7. The van der Waals surface area contributed by atoms with E-state index in [1.54, 1.807) is 18.1 Å². The Morgan fingerprint density at radius 1 is 1.14 bits per heavy atom. The van der Waals surface area contributed by atoms with Gasteiger partial charge < -0.3 is 24.8 Å². The zero-order valence-corrected chi connectivity index (χ0v) is 18.9. The van der Waals surface area contributed by atoms with Crippen LogP contribution in [0.15, 0.2) is 45.9 Å². The van der Waals surface area contributed by atoms with E-state index in [4.69, 9.17) is 0 Å². The van der Waals surface area contributed by atoms with Gasteiger partial charge in [0.05, 0.1) is 0 Å². The van der Waals surface area contributed by atoms with Crippen molar-refractivity contribution in [2.45, 2.75) is 53.5 Å². The topological polar surface area (TPSA) is 0 Å². The second kappa shape index (κ2) is 8.47. The third kappa shape index (κ3) is 3.76. The van der Waals surface area contributed by atoms with Crippen LogP contribution in [-0.2, 0) is 22.9 Å². The Balaban J connectivity index is 0.00000110. The number of hydrogen-bond donors (Lipinski definition) is 0. The molecule has 1 heterocycles. The molecule has 0 unspecified atom stereocenters. The predicted molar refractivity (Wildman–Crippen MR) is 82.5 cm³/mol. The Morgan fingerprint density at radius 3 is 2.33 bits per heavy atom. The fraction of sp³-hybridized carbons (Fsp3) is 0.529. The van der Waals surface area contributed by atoms with E-state index >= 15 is 0 Å². The molecule has 3 aliphatic rings. The molecule has 3 rings (SSSR count). The molecule has 2 aliphatic carbocycles. The molecule has 0 aromatic rings. The largest absolute Gasteiger partial charge is 1.00 e. The molecule has 1 aliphatic heterocycles. The van der Waals surface area contributed by atoms with Crippen molar-refractivity contribution in [3.05, 3.63) is 45.9 Å². The van der Waals surface area contributed by atoms with Crippen LogP contribution in [-0.4, -0.2) is 8.07 Å². The molecule has 1 fully saturated rings. The van der Waals surface area contributed by atoms with Crippen molar-refractivity contribution in [2.24, 2.45) is 0 Å². The van der Waals surface area contributed by atoms with Crippen molar-refractivity contribution in [3.63, 3.8) is 0 Å². The summed E-state index contributed by atoms with van der Waals surface area (Å²) < 4.78 is 2.52. The van der Waals surface area contributed by atoms with Crippen LogP contribution in [0.5, 0.6) is 0 Å². The van der Waals surface area contributed by atoms with Crippen molar-refractivity contribution in [3.8, 4) is 0 Å². The molecule has 0 aromatic carbocycles. The summed E-state index contributed by atoms with van der Waals surface area (Å²) in [7, 11) is -1.00. The van der Waals surface area contributed by atoms with Gasteiger partial charge in [0.2, 0.25) is 0 Å². The molecule has 0 aromatic heterocycles. The van der Waals surface area contributed by atoms with E-state index < -0.39 is 31.0 Å². The Hall–Kier alpha value is 0.627. The minimum absolute atomic E-state index is 0. The molecule has 0 spiro atoms. The van der Waals surface area contributed by atoms with E-state index in [1.807, 2.05) is 3.33 Å². The monoisotopic (exact) mass is 506 g/mol. The van der Waals surface area contributed by atoms with E-state index in [1.165, 1.54) is 25.7 Å². The van der Waals surface area contributed by atoms with E-state index in [9.17, 15) is 0 Å². The molecule has 21 heavy (non-hydrogen) atoms. The van der Waals surface area contributed by atoms with Gasteiger partial charge >= 0.3 is 130 Å². The fourth-order valence-corrected chi connectivity index (χ4v) is 21.8. The first-order valence-electron chi connectivity index (χ1n) is 7.81. The SMILES string of the molecule is CCCC[Si]1([C]2([Hf+2][C]3=CC=CC3)C=CC=C2)CCC1.[Cl-].[Cl-]. The van der Waals surface area contributed by atoms with Gasteiger partial charge in [-0.2, -0.15) is 0 Å². The number of unbranched alkanes of at least 4 members (excludes halogenated alkanes) is 1. The van der Waals surface area contributed by atoms with E-state index in [0.717, 1.165) is 0 Å². The van der Waals surface area contributed by atoms with Crippen molar-refractivity contribution < 1.29 is 47.7 Å². The van der Waals surface area contributed by atoms with Crippen molar-refractivity contribution >= 4 is 8.07 Å². The van der Waals surface area contributed by atoms with Gasteiger partial charge in [-0.05, 0) is 0 Å². The first-order chi connectivity index (χ1) is 9.30. The fourth-order valence-electron chi connectivity index (χ4n) is 3.83. The van der Waals surface area contributed by atoms with E-state index in [2.05, 4.69) is 49.5 Å². The first-order valence-corrected chi connectivity index (χ1v) is 14.0. The Morgan fingerprint density at radius 2 is 1.86 bits per heavy atom. The van der Waals surface area contributed by atoms with Crippen molar-refractivity contribution in [1.29, 1.82) is 0 Å². The van der Waals surface area contributed by atoms with Crippen LogP contribution in [0.25, 0.3) is 0 Å². The van der Waals surface area contributed by atoms with Crippen LogP contribution in [0, 0.1) is 0 Å². The zero-order chi connectivity index (χ0) is 13.2. The van der Waals surface area contributed by atoms with Gasteiger partial charge in [0.25, 0.3) is 0 Å². The maximum Gasteiger partial charge on any atom is -1.00 e. The average Bonchev–Trinajstić information content (AvgIpc) is 3.01. The molecule has 4 heteroatoms. The summed E-state index contributed by atoms with van der Waals surface area (Å²) in [6.45, 7) is 2.36. The minimum Gasteiger partial charge on any atom is -1.00 e. The van der Waals surface area contributed by atoms with Crippen LogP contribution >= 0.6 is 0 Å². The molecule has 1 saturated heterocycles. The Labute approximate surface area is 154 Å². The van der Waals surface area contributed by atoms with E-state index in [-0.39, 0.29) is 24.8 Å². The molecule has 0 radical (unpaired) electrons. The third-order valence-electron chi connectivity index (χ3n) is 5.17. The number of allylic oxidation sites excluding steroid dienone is 8. The molecule has 0 saturated carbocycles. The second-order valence-electron chi connectivity index (χ2n) is 6.27. The summed E-state index contributed by atoms with van der Waals surface area (Å²) in [5.41, 5.74) is 0. The second-order valence-corrected chi connectivity index (χ2v) is 19.1. The Bertz CT molecular complexity index is 449. The van der Waals surface area contributed by atoms with Crippen LogP contribution < -0.4 is 24.8 Å². The molecule has 0 atom stereocenters. The summed E-state index contributed by atoms with van der Waals surface area (Å²) >= 11 is -0.730. The molecular formula is C17H24Cl2HfSi. The van der Waals surface area contributed by atoms with Crippen LogP contribution in [0.1, 0.15) is 32.6 Å². The summed E-state index contributed by atoms with van der Waals surface area (Å²) in [5.74, 6) is 0. The quantitative estimate of drug-likeness (QED) is 0.423. The van der Waals surface area contributed by atoms with Gasteiger partial charge in [-0.15, -0.1) is 0 Å². The molecular weight excluding hydrogens is 482 g/mol. The predicted octanol–water partition coefficient (Wildman–Crippen LogP) is -0.603. The van der Waals surface area contributed by atoms with Crippen LogP contribution in [0.3, 0.4) is 0 Å². The zero-order valence-electron chi connectivity index (χ0n) is 12.7. The van der Waals surface area contributed by atoms with Crippen LogP contribution in [0.2, 0.25) is 20.9 Å². The molecule has 114 valence electrons. The molecule has 0 amide bonds. The number of rotatable bonds is 6. The third-order valence-corrected chi connectivity index (χ3v) is 23.1. The van der Waals surface area contributed by atoms with Crippen molar-refractivity contribution in [2.75, 3.05) is 0 Å². The standard InChI is InChI=1S/C12H19Si.C5H5.2ClH.Hf/c1-2-3-9-13(10-6-11-13)12-7-4-5-8-12;1-2-4-5-3-1;;;/h4-5,7-8H,2-3,6,9-11H2,1H3;1-3H,4H2;2*1H;/q;;;;+2/p-2. The average molecular weight is 506 g/mol. The van der Waals surface area contributed by atoms with Gasteiger partial charge in [0, 0.05) is 0 Å². The minimum atomic E-state index is -1.00. The van der Waals surface area contributed by atoms with Gasteiger partial charge in [0.1, 0.15) is 0 Å². The maximum atomic E-state index is 2.66. The maximum absolute atomic E-state index is 2.66. The summed E-state index contributed by atoms with van der Waals surface area (Å²) in [6, 6.07) is 4.84. The molecule has 0 N–H and O–H groups in total. The summed E-state index contributed by atoms with van der Waals surface area (Å²) in [5, 5.41) is 0. The number of hydrogen-bond acceptors (Lipinski definition) is 0. The molecule has 0 bridgehead atoms. The van der Waals surface area contributed by atoms with Gasteiger partial charge in [-0.25, -0.2) is 0 Å². The number of halogens is 2. The van der Waals surface area contributed by atoms with Crippen LogP contribution in [0.4, 0.5) is 0 Å². The van der Waals surface area contributed by atoms with Gasteiger partial charge in [-0.3, -0.25) is 0 Å². The Kier molecular flexibility index (Phi) is 7.94. The summed E-state index contributed by atoms with van der Waals surface area (Å²) in [6.07, 6.45) is 22.8. The summed E-state index contributed by atoms with van der Waals surface area (Å²) in [4.78, 5) is 0. The molecule has 0 nitrogen and oxygen atoms in total. The normalized spacial score (nSPS) is 22.8.